The molecule has 4 N–H and O–H groups in total. The molecule has 1 unspecified atom stereocenters. The van der Waals surface area contributed by atoms with Gasteiger partial charge >= 0.3 is 0 Å². The standard InChI is InChI=1S/C13H20N4O/c1-17(8-11(18)4-5-14)7-10-2-3-12-13(6-10)16-9-15-12/h2-3,6,9,11,18H,4-5,7-8,14H2,1H3,(H,15,16). The SMILES string of the molecule is CN(Cc1ccc2nc[nH]c2c1)CC(O)CCN. The van der Waals surface area contributed by atoms with Crippen LogP contribution < -0.4 is 5.73 Å². The van der Waals surface area contributed by atoms with Crippen molar-refractivity contribution in [1.29, 1.82) is 0 Å². The average molecular weight is 248 g/mol. The smallest absolute Gasteiger partial charge is 0.0931 e. The Morgan fingerprint density at radius 3 is 3.11 bits per heavy atom. The Hall–Kier alpha value is -1.43. The first-order chi connectivity index (χ1) is 8.69. The molecule has 0 aliphatic heterocycles. The van der Waals surface area contributed by atoms with Gasteiger partial charge in [0.15, 0.2) is 0 Å². The van der Waals surface area contributed by atoms with Crippen LogP contribution >= 0.6 is 0 Å². The summed E-state index contributed by atoms with van der Waals surface area (Å²) < 4.78 is 0. The van der Waals surface area contributed by atoms with Crippen molar-refractivity contribution in [3.05, 3.63) is 30.1 Å². The monoisotopic (exact) mass is 248 g/mol. The normalized spacial score (nSPS) is 13.3. The minimum absolute atomic E-state index is 0.351. The van der Waals surface area contributed by atoms with Crippen LogP contribution in [0.4, 0.5) is 0 Å². The predicted molar refractivity (Wildman–Crippen MR) is 72.1 cm³/mol. The Balaban J connectivity index is 1.95. The van der Waals surface area contributed by atoms with Crippen molar-refractivity contribution in [3.8, 4) is 0 Å². The van der Waals surface area contributed by atoms with E-state index in [2.05, 4.69) is 27.0 Å². The molecule has 1 heterocycles. The number of aromatic nitrogens is 2. The Morgan fingerprint density at radius 1 is 1.50 bits per heavy atom. The lowest BCUT2D eigenvalue weighted by atomic mass is 10.1. The number of aliphatic hydroxyl groups is 1. The Morgan fingerprint density at radius 2 is 2.33 bits per heavy atom. The van der Waals surface area contributed by atoms with Crippen molar-refractivity contribution >= 4 is 11.0 Å². The number of hydrogen-bond donors (Lipinski definition) is 3. The molecule has 2 rings (SSSR count). The summed E-state index contributed by atoms with van der Waals surface area (Å²) >= 11 is 0. The molecule has 98 valence electrons. The molecular formula is C13H20N4O. The van der Waals surface area contributed by atoms with Gasteiger partial charge in [-0.2, -0.15) is 0 Å². The molecule has 0 radical (unpaired) electrons. The van der Waals surface area contributed by atoms with Gasteiger partial charge in [-0.25, -0.2) is 4.98 Å². The quantitative estimate of drug-likeness (QED) is 0.703. The van der Waals surface area contributed by atoms with E-state index in [1.165, 1.54) is 5.56 Å². The van der Waals surface area contributed by atoms with Crippen molar-refractivity contribution in [2.45, 2.75) is 19.1 Å². The van der Waals surface area contributed by atoms with E-state index in [0.717, 1.165) is 17.6 Å². The number of rotatable bonds is 6. The third-order valence-electron chi connectivity index (χ3n) is 2.96. The molecule has 0 aliphatic rings. The second-order valence-corrected chi connectivity index (χ2v) is 4.68. The number of aliphatic hydroxyl groups excluding tert-OH is 1. The molecule has 0 aliphatic carbocycles. The zero-order valence-electron chi connectivity index (χ0n) is 10.6. The summed E-state index contributed by atoms with van der Waals surface area (Å²) in [6.45, 7) is 1.96. The number of nitrogens with zero attached hydrogens (tertiary/aromatic N) is 2. The van der Waals surface area contributed by atoms with Crippen LogP contribution in [-0.2, 0) is 6.54 Å². The number of nitrogens with one attached hydrogen (secondary N) is 1. The van der Waals surface area contributed by atoms with E-state index in [0.29, 0.717) is 19.5 Å². The van der Waals surface area contributed by atoms with E-state index < -0.39 is 0 Å². The van der Waals surface area contributed by atoms with Gasteiger partial charge in [-0.05, 0) is 37.7 Å². The summed E-state index contributed by atoms with van der Waals surface area (Å²) in [6, 6.07) is 6.16. The van der Waals surface area contributed by atoms with Crippen LogP contribution in [0.1, 0.15) is 12.0 Å². The highest BCUT2D eigenvalue weighted by Gasteiger charge is 2.08. The van der Waals surface area contributed by atoms with Gasteiger partial charge in [-0.15, -0.1) is 0 Å². The van der Waals surface area contributed by atoms with Crippen LogP contribution in [0.15, 0.2) is 24.5 Å². The second-order valence-electron chi connectivity index (χ2n) is 4.68. The van der Waals surface area contributed by atoms with Gasteiger partial charge in [-0.1, -0.05) is 6.07 Å². The highest BCUT2D eigenvalue weighted by molar-refractivity contribution is 5.74. The Labute approximate surface area is 107 Å². The maximum Gasteiger partial charge on any atom is 0.0931 e. The van der Waals surface area contributed by atoms with Gasteiger partial charge in [0, 0.05) is 13.1 Å². The third-order valence-corrected chi connectivity index (χ3v) is 2.96. The zero-order chi connectivity index (χ0) is 13.0. The summed E-state index contributed by atoms with van der Waals surface area (Å²) in [4.78, 5) is 9.38. The fourth-order valence-electron chi connectivity index (χ4n) is 2.10. The first-order valence-electron chi connectivity index (χ1n) is 6.17. The highest BCUT2D eigenvalue weighted by Crippen LogP contribution is 2.13. The van der Waals surface area contributed by atoms with Crippen LogP contribution in [0.3, 0.4) is 0 Å². The number of imidazole rings is 1. The molecule has 1 aromatic heterocycles. The Bertz CT molecular complexity index is 496. The number of fused-ring (bicyclic) bond motifs is 1. The van der Waals surface area contributed by atoms with E-state index in [1.54, 1.807) is 6.33 Å². The molecule has 0 bridgehead atoms. The van der Waals surface area contributed by atoms with E-state index in [-0.39, 0.29) is 6.10 Å². The zero-order valence-corrected chi connectivity index (χ0v) is 10.6. The minimum Gasteiger partial charge on any atom is -0.392 e. The van der Waals surface area contributed by atoms with Crippen molar-refractivity contribution in [2.75, 3.05) is 20.1 Å². The molecule has 1 atom stereocenters. The number of benzene rings is 1. The molecule has 5 nitrogen and oxygen atoms in total. The topological polar surface area (TPSA) is 78.2 Å². The molecule has 1 aromatic carbocycles. The lowest BCUT2D eigenvalue weighted by Crippen LogP contribution is -2.30. The summed E-state index contributed by atoms with van der Waals surface area (Å²) in [5, 5.41) is 9.70. The van der Waals surface area contributed by atoms with Crippen molar-refractivity contribution in [3.63, 3.8) is 0 Å². The number of nitrogens with two attached hydrogens (primary N) is 1. The van der Waals surface area contributed by atoms with E-state index in [4.69, 9.17) is 5.73 Å². The predicted octanol–water partition coefficient (Wildman–Crippen LogP) is 0.704. The van der Waals surface area contributed by atoms with Crippen LogP contribution in [0.25, 0.3) is 11.0 Å². The fourth-order valence-corrected chi connectivity index (χ4v) is 2.10. The highest BCUT2D eigenvalue weighted by atomic mass is 16.3. The average Bonchev–Trinajstić information content (AvgIpc) is 2.76. The third kappa shape index (κ3) is 3.29. The number of hydrogen-bond acceptors (Lipinski definition) is 4. The van der Waals surface area contributed by atoms with Gasteiger partial charge in [0.1, 0.15) is 0 Å². The largest absolute Gasteiger partial charge is 0.392 e. The molecule has 5 heteroatoms. The lowest BCUT2D eigenvalue weighted by Gasteiger charge is -2.20. The van der Waals surface area contributed by atoms with E-state index in [1.807, 2.05) is 13.1 Å². The molecule has 0 spiro atoms. The van der Waals surface area contributed by atoms with Crippen molar-refractivity contribution in [2.24, 2.45) is 5.73 Å². The van der Waals surface area contributed by atoms with Gasteiger partial charge in [0.25, 0.3) is 0 Å². The van der Waals surface area contributed by atoms with Crippen LogP contribution in [0, 0.1) is 0 Å². The fraction of sp³-hybridized carbons (Fsp3) is 0.462. The number of aromatic amines is 1. The summed E-state index contributed by atoms with van der Waals surface area (Å²) in [5.41, 5.74) is 8.64. The molecule has 0 saturated carbocycles. The van der Waals surface area contributed by atoms with Crippen LogP contribution in [0.2, 0.25) is 0 Å². The first kappa shape index (κ1) is 13.0. The van der Waals surface area contributed by atoms with Crippen LogP contribution in [-0.4, -0.2) is 46.2 Å². The maximum atomic E-state index is 9.70. The van der Waals surface area contributed by atoms with Crippen LogP contribution in [0.5, 0.6) is 0 Å². The van der Waals surface area contributed by atoms with Crippen molar-refractivity contribution in [1.82, 2.24) is 14.9 Å². The molecule has 18 heavy (non-hydrogen) atoms. The summed E-state index contributed by atoms with van der Waals surface area (Å²) in [5.74, 6) is 0. The van der Waals surface area contributed by atoms with Gasteiger partial charge < -0.3 is 15.8 Å². The van der Waals surface area contributed by atoms with Gasteiger partial charge in [0.05, 0.1) is 23.5 Å². The van der Waals surface area contributed by atoms with Gasteiger partial charge in [-0.3, -0.25) is 4.90 Å². The minimum atomic E-state index is -0.351. The number of likely N-dealkylation sites (N-methyl/N-ethyl adjacent to an activating group) is 1. The van der Waals surface area contributed by atoms with Crippen molar-refractivity contribution < 1.29 is 5.11 Å². The van der Waals surface area contributed by atoms with Gasteiger partial charge in [0.2, 0.25) is 0 Å². The summed E-state index contributed by atoms with van der Waals surface area (Å²) in [7, 11) is 2.00. The molecule has 0 fully saturated rings. The first-order valence-corrected chi connectivity index (χ1v) is 6.17. The Kier molecular flexibility index (Phi) is 4.30. The number of H-pyrrole nitrogens is 1. The second kappa shape index (κ2) is 5.95. The lowest BCUT2D eigenvalue weighted by molar-refractivity contribution is 0.117. The molecule has 0 amide bonds. The van der Waals surface area contributed by atoms with E-state index in [9.17, 15) is 5.11 Å². The summed E-state index contributed by atoms with van der Waals surface area (Å²) in [6.07, 6.45) is 1.99. The molecular weight excluding hydrogens is 228 g/mol. The molecule has 0 saturated heterocycles. The molecule has 2 aromatic rings. The van der Waals surface area contributed by atoms with E-state index >= 15 is 0 Å². The maximum absolute atomic E-state index is 9.70.